The van der Waals surface area contributed by atoms with E-state index < -0.39 is 5.97 Å². The van der Waals surface area contributed by atoms with Crippen LogP contribution in [0, 0.1) is 13.8 Å². The highest BCUT2D eigenvalue weighted by molar-refractivity contribution is 5.88. The van der Waals surface area contributed by atoms with E-state index in [1.807, 2.05) is 33.8 Å². The van der Waals surface area contributed by atoms with Crippen molar-refractivity contribution in [2.24, 2.45) is 0 Å². The number of hydrogen-bond donors (Lipinski definition) is 0. The largest absolute Gasteiger partial charge is 0.450 e. The number of aromatic nitrogens is 4. The zero-order valence-corrected chi connectivity index (χ0v) is 14.7. The van der Waals surface area contributed by atoms with E-state index in [0.29, 0.717) is 18.9 Å². The van der Waals surface area contributed by atoms with Gasteiger partial charge in [0.2, 0.25) is 0 Å². The lowest BCUT2D eigenvalue weighted by Gasteiger charge is -2.35. The Hall–Kier alpha value is -2.55. The van der Waals surface area contributed by atoms with E-state index >= 15 is 0 Å². The molecule has 3 heterocycles. The van der Waals surface area contributed by atoms with Crippen molar-refractivity contribution in [3.8, 4) is 0 Å². The van der Waals surface area contributed by atoms with Gasteiger partial charge in [-0.15, -0.1) is 5.10 Å². The molecule has 2 atom stereocenters. The highest BCUT2D eigenvalue weighted by Crippen LogP contribution is 2.11. The third-order valence-electron chi connectivity index (χ3n) is 3.90. The Labute approximate surface area is 144 Å². The number of morpholine rings is 1. The number of esters is 1. The Morgan fingerprint density at radius 3 is 2.60 bits per heavy atom. The number of amides is 1. The van der Waals surface area contributed by atoms with Gasteiger partial charge in [0.1, 0.15) is 0 Å². The second kappa shape index (κ2) is 6.75. The summed E-state index contributed by atoms with van der Waals surface area (Å²) in [6.45, 7) is 8.10. The van der Waals surface area contributed by atoms with Crippen LogP contribution in [0.1, 0.15) is 35.9 Å². The Kier molecular flexibility index (Phi) is 4.67. The van der Waals surface area contributed by atoms with Crippen LogP contribution >= 0.6 is 0 Å². The lowest BCUT2D eigenvalue weighted by molar-refractivity contribution is -0.146. The Balaban J connectivity index is 1.64. The molecule has 0 saturated carbocycles. The number of hydrogen-bond acceptors (Lipinski definition) is 7. The Morgan fingerprint density at radius 2 is 1.92 bits per heavy atom. The van der Waals surface area contributed by atoms with Gasteiger partial charge >= 0.3 is 5.97 Å². The van der Waals surface area contributed by atoms with Gasteiger partial charge in [-0.05, 0) is 33.8 Å². The standard InChI is InChI=1S/C16H21N5O4/c1-9-5-10(2)21-16(17-9)18-14(19-21)15(23)24-8-13(22)20-6-11(3)25-12(4)7-20/h5,11-12H,6-8H2,1-4H3/t11-,12-/m0/s1. The number of carbonyl (C=O) groups is 2. The van der Waals surface area contributed by atoms with Gasteiger partial charge in [0.15, 0.2) is 6.61 Å². The lowest BCUT2D eigenvalue weighted by Crippen LogP contribution is -2.49. The van der Waals surface area contributed by atoms with Gasteiger partial charge in [0.05, 0.1) is 12.2 Å². The molecule has 0 unspecified atom stereocenters. The highest BCUT2D eigenvalue weighted by atomic mass is 16.5. The molecule has 9 heteroatoms. The summed E-state index contributed by atoms with van der Waals surface area (Å²) in [5.41, 5.74) is 1.59. The van der Waals surface area contributed by atoms with E-state index in [2.05, 4.69) is 15.1 Å². The van der Waals surface area contributed by atoms with E-state index in [4.69, 9.17) is 9.47 Å². The van der Waals surface area contributed by atoms with Crippen molar-refractivity contribution in [3.63, 3.8) is 0 Å². The topological polar surface area (TPSA) is 98.9 Å². The molecule has 134 valence electrons. The number of ether oxygens (including phenoxy) is 2. The van der Waals surface area contributed by atoms with E-state index in [9.17, 15) is 9.59 Å². The van der Waals surface area contributed by atoms with E-state index in [-0.39, 0.29) is 30.5 Å². The normalized spacial score (nSPS) is 20.7. The van der Waals surface area contributed by atoms with Gasteiger partial charge in [-0.25, -0.2) is 14.3 Å². The van der Waals surface area contributed by atoms with Crippen LogP contribution in [0.5, 0.6) is 0 Å². The molecule has 0 radical (unpaired) electrons. The Bertz CT molecular complexity index is 808. The molecule has 0 N–H and O–H groups in total. The molecule has 3 rings (SSSR count). The van der Waals surface area contributed by atoms with Crippen molar-refractivity contribution in [1.82, 2.24) is 24.5 Å². The lowest BCUT2D eigenvalue weighted by atomic mass is 10.2. The fraction of sp³-hybridized carbons (Fsp3) is 0.562. The van der Waals surface area contributed by atoms with Gasteiger partial charge < -0.3 is 14.4 Å². The first-order valence-electron chi connectivity index (χ1n) is 8.15. The van der Waals surface area contributed by atoms with Crippen LogP contribution in [0.25, 0.3) is 5.78 Å². The van der Waals surface area contributed by atoms with Crippen LogP contribution in [0.15, 0.2) is 6.07 Å². The summed E-state index contributed by atoms with van der Waals surface area (Å²) < 4.78 is 12.1. The van der Waals surface area contributed by atoms with Crippen LogP contribution in [0.2, 0.25) is 0 Å². The van der Waals surface area contributed by atoms with Crippen LogP contribution < -0.4 is 0 Å². The van der Waals surface area contributed by atoms with Crippen molar-refractivity contribution in [1.29, 1.82) is 0 Å². The van der Waals surface area contributed by atoms with E-state index in [1.54, 1.807) is 4.90 Å². The molecule has 1 aliphatic heterocycles. The van der Waals surface area contributed by atoms with Gasteiger partial charge in [-0.3, -0.25) is 4.79 Å². The van der Waals surface area contributed by atoms with Crippen molar-refractivity contribution >= 4 is 17.7 Å². The molecule has 0 aliphatic carbocycles. The summed E-state index contributed by atoms with van der Waals surface area (Å²) in [6, 6.07) is 1.83. The van der Waals surface area contributed by atoms with E-state index in [1.165, 1.54) is 4.52 Å². The molecular weight excluding hydrogens is 326 g/mol. The highest BCUT2D eigenvalue weighted by Gasteiger charge is 2.27. The zero-order chi connectivity index (χ0) is 18.1. The minimum absolute atomic E-state index is 0.0409. The predicted octanol–water partition coefficient (Wildman–Crippen LogP) is 0.534. The summed E-state index contributed by atoms with van der Waals surface area (Å²) in [7, 11) is 0. The first-order valence-corrected chi connectivity index (χ1v) is 8.15. The van der Waals surface area contributed by atoms with Crippen LogP contribution in [0.4, 0.5) is 0 Å². The number of rotatable bonds is 3. The van der Waals surface area contributed by atoms with Gasteiger partial charge in [-0.2, -0.15) is 4.98 Å². The maximum absolute atomic E-state index is 12.2. The first kappa shape index (κ1) is 17.3. The average molecular weight is 347 g/mol. The van der Waals surface area contributed by atoms with Gasteiger partial charge in [0, 0.05) is 24.5 Å². The molecular formula is C16H21N5O4. The molecule has 0 aromatic carbocycles. The molecule has 2 aromatic heterocycles. The summed E-state index contributed by atoms with van der Waals surface area (Å²) in [5.74, 6) is -0.793. The SMILES string of the molecule is Cc1cc(C)n2nc(C(=O)OCC(=O)N3C[C@H](C)O[C@@H](C)C3)nc2n1. The molecule has 9 nitrogen and oxygen atoms in total. The first-order chi connectivity index (χ1) is 11.8. The molecule has 0 bridgehead atoms. The number of aryl methyl sites for hydroxylation is 2. The molecule has 25 heavy (non-hydrogen) atoms. The second-order valence-electron chi connectivity index (χ2n) is 6.32. The molecule has 0 spiro atoms. The molecule has 2 aromatic rings. The summed E-state index contributed by atoms with van der Waals surface area (Å²) in [4.78, 5) is 34.3. The maximum Gasteiger partial charge on any atom is 0.378 e. The molecule has 1 fully saturated rings. The fourth-order valence-corrected chi connectivity index (χ4v) is 2.92. The minimum Gasteiger partial charge on any atom is -0.450 e. The maximum atomic E-state index is 12.2. The van der Waals surface area contributed by atoms with Crippen molar-refractivity contribution in [3.05, 3.63) is 23.3 Å². The van der Waals surface area contributed by atoms with Crippen LogP contribution in [-0.4, -0.2) is 68.3 Å². The predicted molar refractivity (Wildman–Crippen MR) is 87.1 cm³/mol. The van der Waals surface area contributed by atoms with Crippen LogP contribution in [0.3, 0.4) is 0 Å². The monoisotopic (exact) mass is 347 g/mol. The quantitative estimate of drug-likeness (QED) is 0.747. The summed E-state index contributed by atoms with van der Waals surface area (Å²) in [5, 5.41) is 4.09. The van der Waals surface area contributed by atoms with Crippen molar-refractivity contribution in [2.75, 3.05) is 19.7 Å². The third kappa shape index (κ3) is 3.76. The molecule has 1 aliphatic rings. The summed E-state index contributed by atoms with van der Waals surface area (Å²) in [6.07, 6.45) is -0.0819. The van der Waals surface area contributed by atoms with Crippen LogP contribution in [-0.2, 0) is 14.3 Å². The summed E-state index contributed by atoms with van der Waals surface area (Å²) >= 11 is 0. The smallest absolute Gasteiger partial charge is 0.378 e. The number of carbonyl (C=O) groups excluding carboxylic acids is 2. The Morgan fingerprint density at radius 1 is 1.24 bits per heavy atom. The average Bonchev–Trinajstić information content (AvgIpc) is 2.95. The number of fused-ring (bicyclic) bond motifs is 1. The van der Waals surface area contributed by atoms with Crippen molar-refractivity contribution < 1.29 is 19.1 Å². The number of nitrogens with zero attached hydrogens (tertiary/aromatic N) is 5. The van der Waals surface area contributed by atoms with Gasteiger partial charge in [-0.1, -0.05) is 0 Å². The third-order valence-corrected chi connectivity index (χ3v) is 3.90. The van der Waals surface area contributed by atoms with Gasteiger partial charge in [0.25, 0.3) is 17.5 Å². The second-order valence-corrected chi connectivity index (χ2v) is 6.32. The van der Waals surface area contributed by atoms with E-state index in [0.717, 1.165) is 11.4 Å². The zero-order valence-electron chi connectivity index (χ0n) is 14.7. The molecule has 1 amide bonds. The fourth-order valence-electron chi connectivity index (χ4n) is 2.92. The molecule has 1 saturated heterocycles. The minimum atomic E-state index is -0.745. The van der Waals surface area contributed by atoms with Crippen molar-refractivity contribution in [2.45, 2.75) is 39.9 Å².